The molecule has 7 nitrogen and oxygen atoms in total. The third kappa shape index (κ3) is 3.15. The van der Waals surface area contributed by atoms with E-state index in [0.29, 0.717) is 23.0 Å². The average molecular weight is 263 g/mol. The SMILES string of the molecule is COc1ccc(OC)c(NC(=O)Nc2ccon2)c1. The first-order valence-corrected chi connectivity index (χ1v) is 5.43. The maximum atomic E-state index is 11.7. The quantitative estimate of drug-likeness (QED) is 0.884. The first kappa shape index (κ1) is 12.7. The molecule has 0 aliphatic rings. The van der Waals surface area contributed by atoms with Crippen molar-refractivity contribution in [3.63, 3.8) is 0 Å². The van der Waals surface area contributed by atoms with Crippen molar-refractivity contribution in [2.75, 3.05) is 24.9 Å². The average Bonchev–Trinajstić information content (AvgIpc) is 2.91. The van der Waals surface area contributed by atoms with Crippen LogP contribution in [-0.2, 0) is 0 Å². The van der Waals surface area contributed by atoms with Crippen molar-refractivity contribution in [2.45, 2.75) is 0 Å². The lowest BCUT2D eigenvalue weighted by Gasteiger charge is -2.11. The van der Waals surface area contributed by atoms with Gasteiger partial charge < -0.3 is 19.3 Å². The summed E-state index contributed by atoms with van der Waals surface area (Å²) in [6.45, 7) is 0. The van der Waals surface area contributed by atoms with E-state index in [9.17, 15) is 4.79 Å². The predicted octanol–water partition coefficient (Wildman–Crippen LogP) is 2.34. The van der Waals surface area contributed by atoms with E-state index >= 15 is 0 Å². The highest BCUT2D eigenvalue weighted by Gasteiger charge is 2.10. The number of hydrogen-bond acceptors (Lipinski definition) is 5. The van der Waals surface area contributed by atoms with Crippen molar-refractivity contribution < 1.29 is 18.8 Å². The van der Waals surface area contributed by atoms with Gasteiger partial charge >= 0.3 is 6.03 Å². The van der Waals surface area contributed by atoms with E-state index in [1.165, 1.54) is 19.4 Å². The van der Waals surface area contributed by atoms with Gasteiger partial charge in [-0.1, -0.05) is 5.16 Å². The lowest BCUT2D eigenvalue weighted by atomic mass is 10.2. The van der Waals surface area contributed by atoms with Gasteiger partial charge in [0.15, 0.2) is 5.82 Å². The summed E-state index contributed by atoms with van der Waals surface area (Å²) >= 11 is 0. The van der Waals surface area contributed by atoms with Gasteiger partial charge in [-0.05, 0) is 12.1 Å². The topological polar surface area (TPSA) is 85.6 Å². The Labute approximate surface area is 109 Å². The predicted molar refractivity (Wildman–Crippen MR) is 68.7 cm³/mol. The molecule has 7 heteroatoms. The van der Waals surface area contributed by atoms with Crippen LogP contribution in [0.2, 0.25) is 0 Å². The zero-order valence-electron chi connectivity index (χ0n) is 10.5. The highest BCUT2D eigenvalue weighted by atomic mass is 16.5. The first-order chi connectivity index (χ1) is 9.22. The Kier molecular flexibility index (Phi) is 3.87. The summed E-state index contributed by atoms with van der Waals surface area (Å²) in [7, 11) is 3.06. The second-order valence-electron chi connectivity index (χ2n) is 3.53. The number of urea groups is 1. The molecule has 0 fully saturated rings. The van der Waals surface area contributed by atoms with Crippen LogP contribution in [0.15, 0.2) is 35.1 Å². The summed E-state index contributed by atoms with van der Waals surface area (Å²) in [5.41, 5.74) is 0.489. The van der Waals surface area contributed by atoms with E-state index in [4.69, 9.17) is 9.47 Å². The Morgan fingerprint density at radius 3 is 2.68 bits per heavy atom. The van der Waals surface area contributed by atoms with Crippen LogP contribution in [0.1, 0.15) is 0 Å². The number of nitrogens with zero attached hydrogens (tertiary/aromatic N) is 1. The summed E-state index contributed by atoms with van der Waals surface area (Å²) in [5.74, 6) is 1.45. The molecule has 2 aromatic rings. The number of carbonyl (C=O) groups is 1. The van der Waals surface area contributed by atoms with Crippen molar-refractivity contribution in [3.8, 4) is 11.5 Å². The number of ether oxygens (including phenoxy) is 2. The monoisotopic (exact) mass is 263 g/mol. The van der Waals surface area contributed by atoms with Gasteiger partial charge in [0.25, 0.3) is 0 Å². The Hall–Kier alpha value is -2.70. The minimum Gasteiger partial charge on any atom is -0.497 e. The second kappa shape index (κ2) is 5.76. The Morgan fingerprint density at radius 1 is 1.21 bits per heavy atom. The number of nitrogens with one attached hydrogen (secondary N) is 2. The number of methoxy groups -OCH3 is 2. The summed E-state index contributed by atoms with van der Waals surface area (Å²) in [5, 5.41) is 8.72. The van der Waals surface area contributed by atoms with Gasteiger partial charge in [-0.2, -0.15) is 0 Å². The molecular weight excluding hydrogens is 250 g/mol. The van der Waals surface area contributed by atoms with Gasteiger partial charge in [-0.3, -0.25) is 5.32 Å². The van der Waals surface area contributed by atoms with Crippen molar-refractivity contribution >= 4 is 17.5 Å². The van der Waals surface area contributed by atoms with E-state index < -0.39 is 6.03 Å². The number of benzene rings is 1. The standard InChI is InChI=1S/C12H13N3O4/c1-17-8-3-4-10(18-2)9(7-8)13-12(16)14-11-5-6-19-15-11/h3-7H,1-2H3,(H2,13,14,15,16). The molecule has 2 rings (SSSR count). The molecule has 2 amide bonds. The summed E-state index contributed by atoms with van der Waals surface area (Å²) in [6, 6.07) is 6.16. The molecule has 1 aromatic carbocycles. The molecule has 0 atom stereocenters. The minimum atomic E-state index is -0.458. The largest absolute Gasteiger partial charge is 0.497 e. The molecule has 19 heavy (non-hydrogen) atoms. The van der Waals surface area contributed by atoms with Crippen LogP contribution in [0.4, 0.5) is 16.3 Å². The van der Waals surface area contributed by atoms with Gasteiger partial charge in [0.05, 0.1) is 19.9 Å². The van der Waals surface area contributed by atoms with Crippen molar-refractivity contribution in [1.82, 2.24) is 5.16 Å². The van der Waals surface area contributed by atoms with Crippen LogP contribution in [0.5, 0.6) is 11.5 Å². The van der Waals surface area contributed by atoms with Crippen LogP contribution in [-0.4, -0.2) is 25.4 Å². The number of carbonyl (C=O) groups excluding carboxylic acids is 1. The molecule has 0 unspecified atom stereocenters. The zero-order valence-corrected chi connectivity index (χ0v) is 10.5. The number of amides is 2. The number of rotatable bonds is 4. The molecule has 0 radical (unpaired) electrons. The summed E-state index contributed by atoms with van der Waals surface area (Å²) in [6.07, 6.45) is 1.36. The molecule has 0 saturated carbocycles. The van der Waals surface area contributed by atoms with E-state index in [0.717, 1.165) is 0 Å². The van der Waals surface area contributed by atoms with Gasteiger partial charge in [0, 0.05) is 12.1 Å². The third-order valence-corrected chi connectivity index (χ3v) is 2.33. The lowest BCUT2D eigenvalue weighted by molar-refractivity contribution is 0.261. The molecule has 0 bridgehead atoms. The maximum Gasteiger partial charge on any atom is 0.325 e. The number of anilines is 2. The Morgan fingerprint density at radius 2 is 2.05 bits per heavy atom. The fourth-order valence-electron chi connectivity index (χ4n) is 1.46. The summed E-state index contributed by atoms with van der Waals surface area (Å²) < 4.78 is 14.8. The molecule has 0 spiro atoms. The van der Waals surface area contributed by atoms with Gasteiger partial charge in [-0.25, -0.2) is 4.79 Å². The summed E-state index contributed by atoms with van der Waals surface area (Å²) in [4.78, 5) is 11.7. The molecule has 0 saturated heterocycles. The molecule has 1 aromatic heterocycles. The van der Waals surface area contributed by atoms with Crippen LogP contribution >= 0.6 is 0 Å². The van der Waals surface area contributed by atoms with Crippen LogP contribution < -0.4 is 20.1 Å². The van der Waals surface area contributed by atoms with E-state index in [1.807, 2.05) is 0 Å². The Bertz CT molecular complexity index is 554. The zero-order chi connectivity index (χ0) is 13.7. The van der Waals surface area contributed by atoms with E-state index in [2.05, 4.69) is 20.3 Å². The first-order valence-electron chi connectivity index (χ1n) is 5.43. The smallest absolute Gasteiger partial charge is 0.325 e. The van der Waals surface area contributed by atoms with Crippen molar-refractivity contribution in [3.05, 3.63) is 30.5 Å². The van der Waals surface area contributed by atoms with Crippen molar-refractivity contribution in [1.29, 1.82) is 0 Å². The minimum absolute atomic E-state index is 0.319. The molecule has 0 aliphatic heterocycles. The molecule has 2 N–H and O–H groups in total. The van der Waals surface area contributed by atoms with Gasteiger partial charge in [-0.15, -0.1) is 0 Å². The molecular formula is C12H13N3O4. The van der Waals surface area contributed by atoms with Crippen LogP contribution in [0.3, 0.4) is 0 Å². The fourth-order valence-corrected chi connectivity index (χ4v) is 1.46. The molecule has 100 valence electrons. The lowest BCUT2D eigenvalue weighted by Crippen LogP contribution is -2.20. The van der Waals surface area contributed by atoms with E-state index in [1.54, 1.807) is 25.3 Å². The van der Waals surface area contributed by atoms with Crippen LogP contribution in [0.25, 0.3) is 0 Å². The third-order valence-electron chi connectivity index (χ3n) is 2.33. The number of aromatic nitrogens is 1. The van der Waals surface area contributed by atoms with Crippen LogP contribution in [0, 0.1) is 0 Å². The molecule has 1 heterocycles. The highest BCUT2D eigenvalue weighted by molar-refractivity contribution is 6.00. The van der Waals surface area contributed by atoms with Gasteiger partial charge in [0.1, 0.15) is 17.8 Å². The molecule has 0 aliphatic carbocycles. The normalized spacial score (nSPS) is 9.79. The fraction of sp³-hybridized carbons (Fsp3) is 0.167. The maximum absolute atomic E-state index is 11.7. The van der Waals surface area contributed by atoms with Gasteiger partial charge in [0.2, 0.25) is 0 Å². The second-order valence-corrected chi connectivity index (χ2v) is 3.53. The van der Waals surface area contributed by atoms with Crippen molar-refractivity contribution in [2.24, 2.45) is 0 Å². The Balaban J connectivity index is 2.10. The number of hydrogen-bond donors (Lipinski definition) is 2. The highest BCUT2D eigenvalue weighted by Crippen LogP contribution is 2.28. The van der Waals surface area contributed by atoms with E-state index in [-0.39, 0.29) is 0 Å².